The standard InChI is InChI=1S/C31H33F3N4O2/c1-22(2)19-38(30(40)36-26-8-4-3-5-9-26)21-29(39)37(20-23-12-14-25(15-13-23)31(32,33)34)17-16-24-18-35-28-11-7-6-10-27(24)28/h3-15,18,22,35H,16-17,19-21H2,1-2H3,(H,36,40). The van der Waals surface area contributed by atoms with E-state index in [1.54, 1.807) is 17.0 Å². The van der Waals surface area contributed by atoms with Crippen molar-refractivity contribution in [2.75, 3.05) is 25.0 Å². The molecule has 0 aliphatic heterocycles. The van der Waals surface area contributed by atoms with Crippen LogP contribution in [0, 0.1) is 5.92 Å². The molecule has 0 saturated carbocycles. The summed E-state index contributed by atoms with van der Waals surface area (Å²) in [7, 11) is 0. The molecule has 3 amide bonds. The van der Waals surface area contributed by atoms with Gasteiger partial charge in [0.2, 0.25) is 5.91 Å². The Morgan fingerprint density at radius 1 is 0.900 bits per heavy atom. The van der Waals surface area contributed by atoms with Crippen LogP contribution in [-0.2, 0) is 23.9 Å². The van der Waals surface area contributed by atoms with Crippen LogP contribution < -0.4 is 5.32 Å². The summed E-state index contributed by atoms with van der Waals surface area (Å²) in [5, 5.41) is 3.89. The molecule has 4 rings (SSSR count). The van der Waals surface area contributed by atoms with E-state index in [-0.39, 0.29) is 30.9 Å². The normalized spacial score (nSPS) is 11.6. The van der Waals surface area contributed by atoms with Gasteiger partial charge in [0.05, 0.1) is 5.56 Å². The fraction of sp³-hybridized carbons (Fsp3) is 0.290. The van der Waals surface area contributed by atoms with Crippen LogP contribution in [0.15, 0.2) is 85.1 Å². The second kappa shape index (κ2) is 12.7. The molecule has 3 aromatic carbocycles. The fourth-order valence-electron chi connectivity index (χ4n) is 4.55. The summed E-state index contributed by atoms with van der Waals surface area (Å²) in [4.78, 5) is 33.1. The van der Waals surface area contributed by atoms with E-state index < -0.39 is 11.7 Å². The number of benzene rings is 3. The number of aromatic amines is 1. The Balaban J connectivity index is 1.53. The minimum absolute atomic E-state index is 0.115. The number of H-pyrrole nitrogens is 1. The maximum Gasteiger partial charge on any atom is 0.416 e. The summed E-state index contributed by atoms with van der Waals surface area (Å²) in [6.07, 6.45) is -1.99. The molecule has 0 saturated heterocycles. The number of aromatic nitrogens is 1. The molecule has 0 aliphatic rings. The van der Waals surface area contributed by atoms with Crippen molar-refractivity contribution < 1.29 is 22.8 Å². The predicted molar refractivity (Wildman–Crippen MR) is 151 cm³/mol. The molecule has 40 heavy (non-hydrogen) atoms. The molecule has 0 fully saturated rings. The van der Waals surface area contributed by atoms with Gasteiger partial charge in [0.25, 0.3) is 0 Å². The minimum atomic E-state index is -4.44. The topological polar surface area (TPSA) is 68.4 Å². The summed E-state index contributed by atoms with van der Waals surface area (Å²) in [5.41, 5.74) is 2.47. The molecule has 0 bridgehead atoms. The van der Waals surface area contributed by atoms with Gasteiger partial charge in [0.15, 0.2) is 0 Å². The number of carbonyl (C=O) groups is 2. The Morgan fingerprint density at radius 3 is 2.25 bits per heavy atom. The van der Waals surface area contributed by atoms with Gasteiger partial charge in [0.1, 0.15) is 6.54 Å². The first kappa shape index (κ1) is 28.7. The third kappa shape index (κ3) is 7.65. The number of nitrogens with zero attached hydrogens (tertiary/aromatic N) is 2. The monoisotopic (exact) mass is 550 g/mol. The van der Waals surface area contributed by atoms with Crippen LogP contribution in [0.25, 0.3) is 10.9 Å². The number of rotatable bonds is 10. The van der Waals surface area contributed by atoms with Crippen LogP contribution >= 0.6 is 0 Å². The fourth-order valence-corrected chi connectivity index (χ4v) is 4.55. The van der Waals surface area contributed by atoms with Crippen LogP contribution in [0.4, 0.5) is 23.7 Å². The number of amides is 3. The van der Waals surface area contributed by atoms with Gasteiger partial charge in [0, 0.05) is 42.4 Å². The van der Waals surface area contributed by atoms with Crippen molar-refractivity contribution in [2.45, 2.75) is 33.0 Å². The van der Waals surface area contributed by atoms with E-state index in [0.29, 0.717) is 30.8 Å². The van der Waals surface area contributed by atoms with Gasteiger partial charge < -0.3 is 20.1 Å². The predicted octanol–water partition coefficient (Wildman–Crippen LogP) is 6.95. The lowest BCUT2D eigenvalue weighted by atomic mass is 10.1. The molecule has 4 aromatic rings. The first-order valence-corrected chi connectivity index (χ1v) is 13.2. The lowest BCUT2D eigenvalue weighted by Crippen LogP contribution is -2.46. The van der Waals surface area contributed by atoms with Crippen molar-refractivity contribution in [2.24, 2.45) is 5.92 Å². The summed E-state index contributed by atoms with van der Waals surface area (Å²) in [5.74, 6) is -0.174. The molecule has 0 unspecified atom stereocenters. The summed E-state index contributed by atoms with van der Waals surface area (Å²) < 4.78 is 39.3. The molecule has 2 N–H and O–H groups in total. The van der Waals surface area contributed by atoms with E-state index in [1.807, 2.05) is 62.5 Å². The van der Waals surface area contributed by atoms with Crippen molar-refractivity contribution in [3.05, 3.63) is 102 Å². The largest absolute Gasteiger partial charge is 0.416 e. The number of alkyl halides is 3. The second-order valence-electron chi connectivity index (χ2n) is 10.2. The van der Waals surface area contributed by atoms with Gasteiger partial charge in [-0.3, -0.25) is 4.79 Å². The van der Waals surface area contributed by atoms with Crippen LogP contribution in [0.2, 0.25) is 0 Å². The molecule has 1 heterocycles. The third-order valence-electron chi connectivity index (χ3n) is 6.56. The molecule has 210 valence electrons. The number of nitrogens with one attached hydrogen (secondary N) is 2. The maximum atomic E-state index is 13.7. The number of hydrogen-bond acceptors (Lipinski definition) is 2. The number of hydrogen-bond donors (Lipinski definition) is 2. The van der Waals surface area contributed by atoms with Crippen LogP contribution in [0.5, 0.6) is 0 Å². The zero-order chi connectivity index (χ0) is 28.7. The van der Waals surface area contributed by atoms with Gasteiger partial charge in [-0.15, -0.1) is 0 Å². The van der Waals surface area contributed by atoms with Crippen molar-refractivity contribution in [3.8, 4) is 0 Å². The number of para-hydroxylation sites is 2. The van der Waals surface area contributed by atoms with E-state index >= 15 is 0 Å². The molecule has 9 heteroatoms. The number of fused-ring (bicyclic) bond motifs is 1. The van der Waals surface area contributed by atoms with Gasteiger partial charge in [-0.2, -0.15) is 13.2 Å². The van der Waals surface area contributed by atoms with E-state index in [1.165, 1.54) is 17.0 Å². The quantitative estimate of drug-likeness (QED) is 0.224. The van der Waals surface area contributed by atoms with Gasteiger partial charge in [-0.25, -0.2) is 4.79 Å². The molecule has 0 radical (unpaired) electrons. The number of halogens is 3. The smallest absolute Gasteiger partial charge is 0.361 e. The molecule has 6 nitrogen and oxygen atoms in total. The Kier molecular flexibility index (Phi) is 9.14. The molecular formula is C31H33F3N4O2. The lowest BCUT2D eigenvalue weighted by Gasteiger charge is -2.29. The number of urea groups is 1. The highest BCUT2D eigenvalue weighted by Gasteiger charge is 2.30. The SMILES string of the molecule is CC(C)CN(CC(=O)N(CCc1c[nH]c2ccccc12)Cc1ccc(C(F)(F)F)cc1)C(=O)Nc1ccccc1. The lowest BCUT2D eigenvalue weighted by molar-refractivity contribution is -0.137. The van der Waals surface area contributed by atoms with E-state index in [4.69, 9.17) is 0 Å². The Hall–Kier alpha value is -4.27. The van der Waals surface area contributed by atoms with Crippen LogP contribution in [0.3, 0.4) is 0 Å². The highest BCUT2D eigenvalue weighted by molar-refractivity contribution is 5.92. The van der Waals surface area contributed by atoms with Gasteiger partial charge in [-0.1, -0.05) is 62.4 Å². The summed E-state index contributed by atoms with van der Waals surface area (Å²) in [6.45, 7) is 4.58. The first-order valence-electron chi connectivity index (χ1n) is 13.2. The molecular weight excluding hydrogens is 517 g/mol. The molecule has 1 aromatic heterocycles. The average molecular weight is 551 g/mol. The van der Waals surface area contributed by atoms with Crippen molar-refractivity contribution in [3.63, 3.8) is 0 Å². The Labute approximate surface area is 231 Å². The zero-order valence-corrected chi connectivity index (χ0v) is 22.5. The van der Waals surface area contributed by atoms with Crippen LogP contribution in [0.1, 0.15) is 30.5 Å². The Bertz CT molecular complexity index is 1420. The summed E-state index contributed by atoms with van der Waals surface area (Å²) >= 11 is 0. The van der Waals surface area contributed by atoms with E-state index in [2.05, 4.69) is 10.3 Å². The van der Waals surface area contributed by atoms with Crippen molar-refractivity contribution in [1.29, 1.82) is 0 Å². The average Bonchev–Trinajstić information content (AvgIpc) is 3.33. The highest BCUT2D eigenvalue weighted by Crippen LogP contribution is 2.29. The van der Waals surface area contributed by atoms with E-state index in [9.17, 15) is 22.8 Å². The van der Waals surface area contributed by atoms with Gasteiger partial charge >= 0.3 is 12.2 Å². The summed E-state index contributed by atoms with van der Waals surface area (Å²) in [6, 6.07) is 21.3. The number of carbonyl (C=O) groups excluding carboxylic acids is 2. The van der Waals surface area contributed by atoms with Crippen molar-refractivity contribution in [1.82, 2.24) is 14.8 Å². The second-order valence-corrected chi connectivity index (χ2v) is 10.2. The molecule has 0 atom stereocenters. The number of anilines is 1. The van der Waals surface area contributed by atoms with Gasteiger partial charge in [-0.05, 0) is 53.8 Å². The first-order chi connectivity index (χ1) is 19.1. The third-order valence-corrected chi connectivity index (χ3v) is 6.56. The molecule has 0 spiro atoms. The van der Waals surface area contributed by atoms with E-state index in [0.717, 1.165) is 28.6 Å². The van der Waals surface area contributed by atoms with Crippen LogP contribution in [-0.4, -0.2) is 46.4 Å². The zero-order valence-electron chi connectivity index (χ0n) is 22.5. The Morgan fingerprint density at radius 2 is 1.57 bits per heavy atom. The highest BCUT2D eigenvalue weighted by atomic mass is 19.4. The van der Waals surface area contributed by atoms with Crippen molar-refractivity contribution >= 4 is 28.5 Å². The minimum Gasteiger partial charge on any atom is -0.361 e. The maximum absolute atomic E-state index is 13.7. The molecule has 0 aliphatic carbocycles.